The predicted molar refractivity (Wildman–Crippen MR) is 93.4 cm³/mol. The Morgan fingerprint density at radius 1 is 1.30 bits per heavy atom. The Labute approximate surface area is 138 Å². The van der Waals surface area contributed by atoms with Crippen LogP contribution < -0.4 is 10.6 Å². The number of halogens is 1. The molecule has 0 bridgehead atoms. The Kier molecular flexibility index (Phi) is 10.4. The minimum atomic E-state index is -0.564. The van der Waals surface area contributed by atoms with Crippen LogP contribution in [0, 0.1) is 5.92 Å². The van der Waals surface area contributed by atoms with Gasteiger partial charge in [0.1, 0.15) is 0 Å². The van der Waals surface area contributed by atoms with Gasteiger partial charge in [0.2, 0.25) is 0 Å². The molecule has 114 valence electrons. The molecule has 1 unspecified atom stereocenters. The predicted octanol–water partition coefficient (Wildman–Crippen LogP) is 1.94. The van der Waals surface area contributed by atoms with Crippen molar-refractivity contribution in [1.29, 1.82) is 0 Å². The van der Waals surface area contributed by atoms with Crippen LogP contribution in [0.2, 0.25) is 0 Å². The summed E-state index contributed by atoms with van der Waals surface area (Å²) in [5.41, 5.74) is 0.849. The third-order valence-electron chi connectivity index (χ3n) is 2.51. The van der Waals surface area contributed by atoms with Gasteiger partial charge in [0.05, 0.1) is 6.10 Å². The van der Waals surface area contributed by atoms with Crippen molar-refractivity contribution in [2.24, 2.45) is 10.9 Å². The molecule has 1 rings (SSSR count). The van der Waals surface area contributed by atoms with Gasteiger partial charge in [-0.05, 0) is 30.5 Å². The highest BCUT2D eigenvalue weighted by molar-refractivity contribution is 14.0. The van der Waals surface area contributed by atoms with E-state index in [1.54, 1.807) is 12.4 Å². The second kappa shape index (κ2) is 10.8. The lowest BCUT2D eigenvalue weighted by Gasteiger charge is -2.15. The number of aliphatic hydroxyl groups is 1. The van der Waals surface area contributed by atoms with E-state index in [0.717, 1.165) is 24.6 Å². The highest BCUT2D eigenvalue weighted by atomic mass is 127. The molecule has 0 aliphatic heterocycles. The Balaban J connectivity index is 0.00000361. The lowest BCUT2D eigenvalue weighted by atomic mass is 10.1. The van der Waals surface area contributed by atoms with E-state index >= 15 is 0 Å². The summed E-state index contributed by atoms with van der Waals surface area (Å²) in [6.45, 7) is 8.26. The second-order valence-corrected chi connectivity index (χ2v) is 4.79. The molecule has 0 radical (unpaired) electrons. The van der Waals surface area contributed by atoms with Crippen LogP contribution in [0.15, 0.2) is 29.5 Å². The number of aromatic nitrogens is 1. The summed E-state index contributed by atoms with van der Waals surface area (Å²) in [6, 6.07) is 3.62. The highest BCUT2D eigenvalue weighted by Crippen LogP contribution is 2.09. The summed E-state index contributed by atoms with van der Waals surface area (Å²) in [7, 11) is 0. The number of aliphatic hydroxyl groups excluding tert-OH is 1. The van der Waals surface area contributed by atoms with Crippen molar-refractivity contribution in [3.8, 4) is 0 Å². The van der Waals surface area contributed by atoms with Crippen LogP contribution in [0.1, 0.15) is 32.4 Å². The molecule has 0 aromatic carbocycles. The van der Waals surface area contributed by atoms with E-state index in [0.29, 0.717) is 12.5 Å². The summed E-state index contributed by atoms with van der Waals surface area (Å²) < 4.78 is 0. The monoisotopic (exact) mass is 392 g/mol. The fourth-order valence-electron chi connectivity index (χ4n) is 1.51. The fraction of sp³-hybridized carbons (Fsp3) is 0.571. The zero-order valence-corrected chi connectivity index (χ0v) is 14.7. The number of nitrogens with one attached hydrogen (secondary N) is 2. The van der Waals surface area contributed by atoms with Crippen LogP contribution in [0.4, 0.5) is 0 Å². The van der Waals surface area contributed by atoms with Gasteiger partial charge in [-0.25, -0.2) is 0 Å². The van der Waals surface area contributed by atoms with Gasteiger partial charge in [0.15, 0.2) is 5.96 Å². The molecule has 0 saturated carbocycles. The number of pyridine rings is 1. The molecule has 0 spiro atoms. The van der Waals surface area contributed by atoms with E-state index in [1.807, 2.05) is 19.1 Å². The van der Waals surface area contributed by atoms with Gasteiger partial charge in [-0.2, -0.15) is 0 Å². The van der Waals surface area contributed by atoms with Gasteiger partial charge >= 0.3 is 0 Å². The Morgan fingerprint density at radius 3 is 2.50 bits per heavy atom. The summed E-state index contributed by atoms with van der Waals surface area (Å²) >= 11 is 0. The Hall–Kier alpha value is -0.890. The lowest BCUT2D eigenvalue weighted by molar-refractivity contribution is 0.180. The van der Waals surface area contributed by atoms with E-state index in [4.69, 9.17) is 0 Å². The van der Waals surface area contributed by atoms with Crippen molar-refractivity contribution in [2.45, 2.75) is 26.9 Å². The molecule has 1 atom stereocenters. The van der Waals surface area contributed by atoms with Crippen LogP contribution >= 0.6 is 24.0 Å². The van der Waals surface area contributed by atoms with Crippen molar-refractivity contribution >= 4 is 29.9 Å². The Morgan fingerprint density at radius 2 is 1.95 bits per heavy atom. The van der Waals surface area contributed by atoms with Gasteiger partial charge in [-0.3, -0.25) is 9.98 Å². The van der Waals surface area contributed by atoms with Crippen LogP contribution in [-0.2, 0) is 0 Å². The van der Waals surface area contributed by atoms with Crippen molar-refractivity contribution < 1.29 is 5.11 Å². The summed E-state index contributed by atoms with van der Waals surface area (Å²) in [5.74, 6) is 1.25. The number of hydrogen-bond donors (Lipinski definition) is 3. The maximum absolute atomic E-state index is 10.0. The molecule has 0 aliphatic carbocycles. The Bertz CT molecular complexity index is 384. The van der Waals surface area contributed by atoms with Crippen LogP contribution in [0.25, 0.3) is 0 Å². The average Bonchev–Trinajstić information content (AvgIpc) is 2.42. The topological polar surface area (TPSA) is 69.5 Å². The van der Waals surface area contributed by atoms with E-state index in [-0.39, 0.29) is 24.0 Å². The molecule has 0 aliphatic rings. The quantitative estimate of drug-likeness (QED) is 0.393. The van der Waals surface area contributed by atoms with Gasteiger partial charge in [-0.1, -0.05) is 13.8 Å². The van der Waals surface area contributed by atoms with Crippen molar-refractivity contribution in [2.75, 3.05) is 19.6 Å². The molecular weight excluding hydrogens is 367 g/mol. The average molecular weight is 392 g/mol. The first-order valence-electron chi connectivity index (χ1n) is 6.73. The number of aliphatic imine (C=N–C) groups is 1. The molecule has 5 nitrogen and oxygen atoms in total. The van der Waals surface area contributed by atoms with Crippen molar-refractivity contribution in [1.82, 2.24) is 15.6 Å². The SMILES string of the molecule is CCNC(=NCC(C)C)NCC(O)c1ccncc1.I. The van der Waals surface area contributed by atoms with Gasteiger partial charge in [0, 0.05) is 32.0 Å². The van der Waals surface area contributed by atoms with Gasteiger partial charge < -0.3 is 15.7 Å². The van der Waals surface area contributed by atoms with Crippen molar-refractivity contribution in [3.05, 3.63) is 30.1 Å². The van der Waals surface area contributed by atoms with E-state index in [9.17, 15) is 5.11 Å². The first kappa shape index (κ1) is 19.1. The summed E-state index contributed by atoms with van der Waals surface area (Å²) in [4.78, 5) is 8.38. The van der Waals surface area contributed by atoms with Gasteiger partial charge in [-0.15, -0.1) is 24.0 Å². The largest absolute Gasteiger partial charge is 0.387 e. The molecule has 3 N–H and O–H groups in total. The third kappa shape index (κ3) is 7.64. The van der Waals surface area contributed by atoms with Crippen molar-refractivity contribution in [3.63, 3.8) is 0 Å². The standard InChI is InChI=1S/C14H24N4O.HI/c1-4-16-14(17-9-11(2)3)18-10-13(19)12-5-7-15-8-6-12;/h5-8,11,13,19H,4,9-10H2,1-3H3,(H2,16,17,18);1H. The van der Waals surface area contributed by atoms with Crippen LogP contribution in [0.3, 0.4) is 0 Å². The maximum atomic E-state index is 10.0. The van der Waals surface area contributed by atoms with Crippen LogP contribution in [-0.4, -0.2) is 35.7 Å². The second-order valence-electron chi connectivity index (χ2n) is 4.79. The summed E-state index contributed by atoms with van der Waals surface area (Å²) in [5, 5.41) is 16.3. The number of guanidine groups is 1. The van der Waals surface area contributed by atoms with E-state index < -0.39 is 6.10 Å². The first-order chi connectivity index (χ1) is 9.13. The molecule has 0 fully saturated rings. The van der Waals surface area contributed by atoms with E-state index in [1.165, 1.54) is 0 Å². The molecule has 20 heavy (non-hydrogen) atoms. The molecule has 6 heteroatoms. The third-order valence-corrected chi connectivity index (χ3v) is 2.51. The fourth-order valence-corrected chi connectivity index (χ4v) is 1.51. The molecule has 0 saturated heterocycles. The number of nitrogens with zero attached hydrogens (tertiary/aromatic N) is 2. The zero-order chi connectivity index (χ0) is 14.1. The molecular formula is C14H25IN4O. The lowest BCUT2D eigenvalue weighted by Crippen LogP contribution is -2.39. The minimum Gasteiger partial charge on any atom is -0.387 e. The molecule has 1 aromatic rings. The highest BCUT2D eigenvalue weighted by Gasteiger charge is 2.07. The number of hydrogen-bond acceptors (Lipinski definition) is 3. The smallest absolute Gasteiger partial charge is 0.191 e. The van der Waals surface area contributed by atoms with E-state index in [2.05, 4.69) is 34.5 Å². The molecule has 1 heterocycles. The molecule has 0 amide bonds. The zero-order valence-electron chi connectivity index (χ0n) is 12.3. The minimum absolute atomic E-state index is 0. The first-order valence-corrected chi connectivity index (χ1v) is 6.73. The maximum Gasteiger partial charge on any atom is 0.191 e. The normalized spacial score (nSPS) is 12.8. The molecule has 1 aromatic heterocycles. The number of rotatable bonds is 6. The van der Waals surface area contributed by atoms with Crippen LogP contribution in [0.5, 0.6) is 0 Å². The van der Waals surface area contributed by atoms with Gasteiger partial charge in [0.25, 0.3) is 0 Å². The summed E-state index contributed by atoms with van der Waals surface area (Å²) in [6.07, 6.45) is 2.79.